The third-order valence-corrected chi connectivity index (χ3v) is 3.70. The Morgan fingerprint density at radius 3 is 2.47 bits per heavy atom. The smallest absolute Gasteiger partial charge is 0.132 e. The Kier molecular flexibility index (Phi) is 3.01. The summed E-state index contributed by atoms with van der Waals surface area (Å²) in [5.41, 5.74) is 8.55. The zero-order valence-corrected chi connectivity index (χ0v) is 10.8. The maximum absolute atomic E-state index is 13.7. The molecule has 94 valence electrons. The summed E-state index contributed by atoms with van der Waals surface area (Å²) in [6.45, 7) is 0. The summed E-state index contributed by atoms with van der Waals surface area (Å²) in [4.78, 5) is 4.48. The highest BCUT2D eigenvalue weighted by atomic mass is 32.1. The van der Waals surface area contributed by atoms with Crippen LogP contribution in [0.2, 0.25) is 0 Å². The Morgan fingerprint density at radius 2 is 1.74 bits per heavy atom. The van der Waals surface area contributed by atoms with Crippen LogP contribution < -0.4 is 5.73 Å². The summed E-state index contributed by atoms with van der Waals surface area (Å²) in [7, 11) is 0. The van der Waals surface area contributed by atoms with Gasteiger partial charge in [0.1, 0.15) is 10.8 Å². The summed E-state index contributed by atoms with van der Waals surface area (Å²) in [6, 6.07) is 14.2. The van der Waals surface area contributed by atoms with E-state index in [0.29, 0.717) is 11.3 Å². The molecular weight excluding hydrogens is 259 g/mol. The van der Waals surface area contributed by atoms with Gasteiger partial charge in [-0.05, 0) is 36.4 Å². The number of rotatable bonds is 2. The molecule has 1 aromatic heterocycles. The van der Waals surface area contributed by atoms with E-state index in [9.17, 15) is 4.39 Å². The summed E-state index contributed by atoms with van der Waals surface area (Å²) < 4.78 is 13.7. The molecule has 0 unspecified atom stereocenters. The van der Waals surface area contributed by atoms with E-state index in [0.717, 1.165) is 16.3 Å². The number of hydrogen-bond donors (Lipinski definition) is 1. The van der Waals surface area contributed by atoms with Gasteiger partial charge in [-0.15, -0.1) is 11.3 Å². The fourth-order valence-electron chi connectivity index (χ4n) is 1.82. The first-order chi connectivity index (χ1) is 9.24. The van der Waals surface area contributed by atoms with E-state index >= 15 is 0 Å². The number of nitrogens with zero attached hydrogens (tertiary/aromatic N) is 1. The Balaban J connectivity index is 2.00. The first kappa shape index (κ1) is 11.9. The van der Waals surface area contributed by atoms with Crippen LogP contribution in [0.3, 0.4) is 0 Å². The molecular formula is C15H11FN2S. The minimum absolute atomic E-state index is 0.253. The molecule has 1 heterocycles. The van der Waals surface area contributed by atoms with Crippen molar-refractivity contribution < 1.29 is 4.39 Å². The summed E-state index contributed by atoms with van der Waals surface area (Å²) in [6.07, 6.45) is 0. The molecule has 0 amide bonds. The monoisotopic (exact) mass is 270 g/mol. The number of thiazole rings is 1. The van der Waals surface area contributed by atoms with E-state index in [1.54, 1.807) is 18.2 Å². The molecule has 3 rings (SSSR count). The van der Waals surface area contributed by atoms with Crippen molar-refractivity contribution in [2.75, 3.05) is 5.73 Å². The number of halogens is 1. The maximum atomic E-state index is 13.7. The Labute approximate surface area is 114 Å². The van der Waals surface area contributed by atoms with E-state index in [-0.39, 0.29) is 5.82 Å². The maximum Gasteiger partial charge on any atom is 0.132 e. The molecule has 2 nitrogen and oxygen atoms in total. The predicted molar refractivity (Wildman–Crippen MR) is 77.4 cm³/mol. The molecule has 0 spiro atoms. The van der Waals surface area contributed by atoms with Crippen LogP contribution in [0, 0.1) is 5.82 Å². The molecule has 19 heavy (non-hydrogen) atoms. The van der Waals surface area contributed by atoms with Gasteiger partial charge in [-0.1, -0.05) is 12.1 Å². The fourth-order valence-corrected chi connectivity index (χ4v) is 2.65. The third-order valence-electron chi connectivity index (χ3n) is 2.81. The molecule has 0 aliphatic rings. The number of nitrogen functional groups attached to an aromatic ring is 1. The Bertz CT molecular complexity index is 704. The normalized spacial score (nSPS) is 10.6. The molecule has 4 heteroatoms. The minimum Gasteiger partial charge on any atom is -0.399 e. The molecule has 0 atom stereocenters. The van der Waals surface area contributed by atoms with E-state index in [1.807, 2.05) is 29.6 Å². The lowest BCUT2D eigenvalue weighted by atomic mass is 10.1. The molecule has 0 saturated carbocycles. The predicted octanol–water partition coefficient (Wildman–Crippen LogP) is 4.20. The average Bonchev–Trinajstić information content (AvgIpc) is 2.89. The van der Waals surface area contributed by atoms with Gasteiger partial charge in [-0.3, -0.25) is 0 Å². The molecule has 0 radical (unpaired) electrons. The van der Waals surface area contributed by atoms with Gasteiger partial charge >= 0.3 is 0 Å². The summed E-state index contributed by atoms with van der Waals surface area (Å²) in [5.74, 6) is -0.253. The van der Waals surface area contributed by atoms with Crippen molar-refractivity contribution in [1.29, 1.82) is 0 Å². The zero-order valence-electron chi connectivity index (χ0n) is 10.0. The van der Waals surface area contributed by atoms with Crippen molar-refractivity contribution in [2.45, 2.75) is 0 Å². The van der Waals surface area contributed by atoms with Crippen LogP contribution in [0.1, 0.15) is 0 Å². The highest BCUT2D eigenvalue weighted by molar-refractivity contribution is 7.13. The topological polar surface area (TPSA) is 38.9 Å². The molecule has 0 saturated heterocycles. The number of anilines is 1. The van der Waals surface area contributed by atoms with Gasteiger partial charge in [0.25, 0.3) is 0 Å². The molecule has 0 aliphatic heterocycles. The van der Waals surface area contributed by atoms with Crippen molar-refractivity contribution in [1.82, 2.24) is 4.98 Å². The molecule has 0 bridgehead atoms. The van der Waals surface area contributed by atoms with Gasteiger partial charge in [0.2, 0.25) is 0 Å². The van der Waals surface area contributed by atoms with Crippen LogP contribution in [0.25, 0.3) is 21.8 Å². The molecule has 0 aliphatic carbocycles. The van der Waals surface area contributed by atoms with E-state index in [2.05, 4.69) is 4.98 Å². The van der Waals surface area contributed by atoms with Crippen LogP contribution in [-0.4, -0.2) is 4.98 Å². The first-order valence-electron chi connectivity index (χ1n) is 5.80. The van der Waals surface area contributed by atoms with Gasteiger partial charge in [0.15, 0.2) is 0 Å². The molecule has 0 fully saturated rings. The van der Waals surface area contributed by atoms with Gasteiger partial charge < -0.3 is 5.73 Å². The van der Waals surface area contributed by atoms with Crippen LogP contribution in [-0.2, 0) is 0 Å². The van der Waals surface area contributed by atoms with Crippen molar-refractivity contribution in [2.24, 2.45) is 0 Å². The van der Waals surface area contributed by atoms with Gasteiger partial charge in [-0.2, -0.15) is 0 Å². The standard InChI is InChI=1S/C15H11FN2S/c16-13-4-2-1-3-12(13)14-9-19-15(18-14)10-5-7-11(17)8-6-10/h1-9H,17H2. The Morgan fingerprint density at radius 1 is 1.00 bits per heavy atom. The summed E-state index contributed by atoms with van der Waals surface area (Å²) >= 11 is 1.49. The lowest BCUT2D eigenvalue weighted by Gasteiger charge is -1.99. The lowest BCUT2D eigenvalue weighted by molar-refractivity contribution is 0.631. The number of benzene rings is 2. The highest BCUT2D eigenvalue weighted by Crippen LogP contribution is 2.30. The average molecular weight is 270 g/mol. The van der Waals surface area contributed by atoms with Gasteiger partial charge in [0, 0.05) is 22.2 Å². The Hall–Kier alpha value is -2.20. The second kappa shape index (κ2) is 4.82. The zero-order chi connectivity index (χ0) is 13.2. The number of nitrogens with two attached hydrogens (primary N) is 1. The van der Waals surface area contributed by atoms with Crippen LogP contribution >= 0.6 is 11.3 Å². The van der Waals surface area contributed by atoms with Crippen LogP contribution in [0.5, 0.6) is 0 Å². The molecule has 2 N–H and O–H groups in total. The molecule has 2 aromatic carbocycles. The first-order valence-corrected chi connectivity index (χ1v) is 6.68. The second-order valence-corrected chi connectivity index (χ2v) is 5.00. The molecule has 3 aromatic rings. The number of hydrogen-bond acceptors (Lipinski definition) is 3. The number of aromatic nitrogens is 1. The van der Waals surface area contributed by atoms with E-state index in [1.165, 1.54) is 17.4 Å². The third kappa shape index (κ3) is 2.35. The van der Waals surface area contributed by atoms with Crippen molar-refractivity contribution in [3.63, 3.8) is 0 Å². The van der Waals surface area contributed by atoms with Crippen molar-refractivity contribution in [3.8, 4) is 21.8 Å². The van der Waals surface area contributed by atoms with Gasteiger partial charge in [-0.25, -0.2) is 9.37 Å². The lowest BCUT2D eigenvalue weighted by Crippen LogP contribution is -1.85. The van der Waals surface area contributed by atoms with E-state index < -0.39 is 0 Å². The fraction of sp³-hybridized carbons (Fsp3) is 0. The van der Waals surface area contributed by atoms with Crippen molar-refractivity contribution in [3.05, 3.63) is 59.7 Å². The van der Waals surface area contributed by atoms with E-state index in [4.69, 9.17) is 5.73 Å². The largest absolute Gasteiger partial charge is 0.399 e. The SMILES string of the molecule is Nc1ccc(-c2nc(-c3ccccc3F)cs2)cc1. The quantitative estimate of drug-likeness (QED) is 0.709. The van der Waals surface area contributed by atoms with Gasteiger partial charge in [0.05, 0.1) is 5.69 Å². The van der Waals surface area contributed by atoms with Crippen molar-refractivity contribution >= 4 is 17.0 Å². The van der Waals surface area contributed by atoms with Crippen LogP contribution in [0.4, 0.5) is 10.1 Å². The highest BCUT2D eigenvalue weighted by Gasteiger charge is 2.09. The minimum atomic E-state index is -0.253. The van der Waals surface area contributed by atoms with Crippen LogP contribution in [0.15, 0.2) is 53.9 Å². The second-order valence-electron chi connectivity index (χ2n) is 4.14. The summed E-state index contributed by atoms with van der Waals surface area (Å²) in [5, 5.41) is 2.72.